The fraction of sp³-hybridized carbons (Fsp3) is 0.500. The molecule has 0 radical (unpaired) electrons. The monoisotopic (exact) mass is 280 g/mol. The fourth-order valence-corrected chi connectivity index (χ4v) is 2.62. The summed E-state index contributed by atoms with van der Waals surface area (Å²) in [5.41, 5.74) is 0.753. The average molecular weight is 280 g/mol. The number of rotatable bonds is 6. The van der Waals surface area contributed by atoms with Gasteiger partial charge < -0.3 is 0 Å². The predicted octanol–water partition coefficient (Wildman–Crippen LogP) is 2.47. The number of hydrogen-bond acceptors (Lipinski definition) is 3. The van der Waals surface area contributed by atoms with Gasteiger partial charge in [-0.1, -0.05) is 32.9 Å². The van der Waals surface area contributed by atoms with E-state index in [1.165, 1.54) is 12.1 Å². The van der Waals surface area contributed by atoms with Crippen molar-refractivity contribution >= 4 is 10.0 Å². The zero-order valence-corrected chi connectivity index (χ0v) is 12.4. The van der Waals surface area contributed by atoms with Gasteiger partial charge in [0.2, 0.25) is 10.0 Å². The van der Waals surface area contributed by atoms with E-state index in [0.717, 1.165) is 12.0 Å². The lowest BCUT2D eigenvalue weighted by Gasteiger charge is -2.22. The van der Waals surface area contributed by atoms with Crippen molar-refractivity contribution in [3.8, 4) is 6.07 Å². The van der Waals surface area contributed by atoms with Crippen LogP contribution in [0.15, 0.2) is 29.2 Å². The van der Waals surface area contributed by atoms with Gasteiger partial charge in [-0.25, -0.2) is 13.1 Å². The van der Waals surface area contributed by atoms with Gasteiger partial charge in [0.15, 0.2) is 0 Å². The number of nitrogens with one attached hydrogen (secondary N) is 1. The summed E-state index contributed by atoms with van der Waals surface area (Å²) in [6.45, 7) is 6.48. The number of nitrogens with zero attached hydrogens (tertiary/aromatic N) is 1. The zero-order valence-electron chi connectivity index (χ0n) is 11.6. The Bertz CT molecular complexity index is 554. The molecule has 4 nitrogen and oxygen atoms in total. The van der Waals surface area contributed by atoms with Crippen molar-refractivity contribution < 1.29 is 8.42 Å². The Balaban J connectivity index is 2.81. The van der Waals surface area contributed by atoms with E-state index in [1.807, 2.05) is 26.8 Å². The molecule has 0 aliphatic rings. The lowest BCUT2D eigenvalue weighted by atomic mass is 9.91. The van der Waals surface area contributed by atoms with Crippen LogP contribution >= 0.6 is 0 Å². The van der Waals surface area contributed by atoms with Crippen molar-refractivity contribution in [2.75, 3.05) is 6.54 Å². The predicted molar refractivity (Wildman–Crippen MR) is 75.0 cm³/mol. The highest BCUT2D eigenvalue weighted by Gasteiger charge is 2.20. The van der Waals surface area contributed by atoms with E-state index in [2.05, 4.69) is 4.72 Å². The molecule has 0 heterocycles. The van der Waals surface area contributed by atoms with E-state index in [9.17, 15) is 8.42 Å². The molecule has 0 unspecified atom stereocenters. The third kappa shape index (κ3) is 4.66. The summed E-state index contributed by atoms with van der Waals surface area (Å²) in [4.78, 5) is 0.237. The molecule has 0 saturated heterocycles. The molecular formula is C14H20N2O2S. The molecule has 0 aliphatic heterocycles. The maximum atomic E-state index is 12.1. The summed E-state index contributed by atoms with van der Waals surface area (Å²) in [5.74, 6) is 0. The van der Waals surface area contributed by atoms with E-state index in [1.54, 1.807) is 12.1 Å². The molecule has 104 valence electrons. The van der Waals surface area contributed by atoms with Crippen molar-refractivity contribution in [2.24, 2.45) is 5.41 Å². The number of nitriles is 1. The van der Waals surface area contributed by atoms with Crippen molar-refractivity contribution in [2.45, 2.75) is 38.5 Å². The summed E-state index contributed by atoms with van der Waals surface area (Å²) >= 11 is 0. The minimum absolute atomic E-state index is 0.0617. The van der Waals surface area contributed by atoms with Crippen LogP contribution in [-0.2, 0) is 16.4 Å². The van der Waals surface area contributed by atoms with Crippen LogP contribution in [0, 0.1) is 16.7 Å². The quantitative estimate of drug-likeness (QED) is 0.870. The normalized spacial score (nSPS) is 12.1. The highest BCUT2D eigenvalue weighted by atomic mass is 32.2. The van der Waals surface area contributed by atoms with Gasteiger partial charge in [0.25, 0.3) is 0 Å². The maximum absolute atomic E-state index is 12.1. The first-order chi connectivity index (χ1) is 8.80. The number of sulfonamides is 1. The molecule has 1 N–H and O–H groups in total. The molecule has 5 heteroatoms. The van der Waals surface area contributed by atoms with Crippen LogP contribution in [0.25, 0.3) is 0 Å². The summed E-state index contributed by atoms with van der Waals surface area (Å²) in [6, 6.07) is 8.44. The Hall–Kier alpha value is -1.38. The highest BCUT2D eigenvalue weighted by molar-refractivity contribution is 7.89. The Kier molecular flexibility index (Phi) is 5.10. The lowest BCUT2D eigenvalue weighted by molar-refractivity contribution is 0.350. The Morgan fingerprint density at radius 1 is 1.26 bits per heavy atom. The third-order valence-electron chi connectivity index (χ3n) is 3.21. The molecule has 1 rings (SSSR count). The van der Waals surface area contributed by atoms with Gasteiger partial charge in [-0.15, -0.1) is 0 Å². The average Bonchev–Trinajstić information content (AvgIpc) is 2.38. The molecule has 0 saturated carbocycles. The van der Waals surface area contributed by atoms with Gasteiger partial charge in [0.1, 0.15) is 0 Å². The van der Waals surface area contributed by atoms with Crippen LogP contribution in [0.2, 0.25) is 0 Å². The summed E-state index contributed by atoms with van der Waals surface area (Å²) < 4.78 is 26.8. The molecule has 1 aromatic carbocycles. The minimum atomic E-state index is -3.47. The van der Waals surface area contributed by atoms with Crippen molar-refractivity contribution in [1.82, 2.24) is 4.72 Å². The molecule has 0 fully saturated rings. The molecule has 1 aromatic rings. The third-order valence-corrected chi connectivity index (χ3v) is 4.63. The number of hydrogen-bond donors (Lipinski definition) is 1. The first-order valence-electron chi connectivity index (χ1n) is 6.26. The zero-order chi connectivity index (χ0) is 14.5. The minimum Gasteiger partial charge on any atom is -0.211 e. The largest absolute Gasteiger partial charge is 0.240 e. The molecule has 0 aliphatic carbocycles. The number of benzene rings is 1. The molecule has 0 aromatic heterocycles. The van der Waals surface area contributed by atoms with E-state index in [4.69, 9.17) is 5.26 Å². The fourth-order valence-electron chi connectivity index (χ4n) is 1.38. The van der Waals surface area contributed by atoms with Gasteiger partial charge in [0.05, 0.1) is 17.4 Å². The van der Waals surface area contributed by atoms with E-state index in [0.29, 0.717) is 6.54 Å². The lowest BCUT2D eigenvalue weighted by Crippen LogP contribution is -2.33. The van der Waals surface area contributed by atoms with E-state index < -0.39 is 10.0 Å². The second-order valence-corrected chi connectivity index (χ2v) is 7.09. The van der Waals surface area contributed by atoms with Crippen molar-refractivity contribution in [3.63, 3.8) is 0 Å². The highest BCUT2D eigenvalue weighted by Crippen LogP contribution is 2.19. The van der Waals surface area contributed by atoms with Crippen LogP contribution < -0.4 is 4.72 Å². The summed E-state index contributed by atoms with van der Waals surface area (Å²) in [7, 11) is -3.47. The second kappa shape index (κ2) is 6.18. The van der Waals surface area contributed by atoms with E-state index in [-0.39, 0.29) is 16.7 Å². The Labute approximate surface area is 115 Å². The van der Waals surface area contributed by atoms with Gasteiger partial charge >= 0.3 is 0 Å². The first-order valence-corrected chi connectivity index (χ1v) is 7.74. The van der Waals surface area contributed by atoms with Gasteiger partial charge in [-0.2, -0.15) is 5.26 Å². The van der Waals surface area contributed by atoms with Gasteiger partial charge in [-0.3, -0.25) is 0 Å². The van der Waals surface area contributed by atoms with Gasteiger partial charge in [-0.05, 0) is 29.5 Å². The van der Waals surface area contributed by atoms with E-state index >= 15 is 0 Å². The van der Waals surface area contributed by atoms with Crippen molar-refractivity contribution in [1.29, 1.82) is 5.26 Å². The molecule has 0 atom stereocenters. The maximum Gasteiger partial charge on any atom is 0.240 e. The van der Waals surface area contributed by atoms with Crippen LogP contribution in [-0.4, -0.2) is 15.0 Å². The summed E-state index contributed by atoms with van der Waals surface area (Å²) in [5, 5.41) is 8.57. The molecule has 19 heavy (non-hydrogen) atoms. The standard InChI is InChI=1S/C14H20N2O2S/c1-4-14(2,3)11-16-19(17,18)13-7-5-12(6-8-13)9-10-15/h5-8,16H,4,9,11H2,1-3H3. The SMILES string of the molecule is CCC(C)(C)CNS(=O)(=O)c1ccc(CC#N)cc1. The van der Waals surface area contributed by atoms with Crippen LogP contribution in [0.1, 0.15) is 32.8 Å². The Morgan fingerprint density at radius 2 is 1.84 bits per heavy atom. The second-order valence-electron chi connectivity index (χ2n) is 5.32. The topological polar surface area (TPSA) is 70.0 Å². The van der Waals surface area contributed by atoms with Crippen LogP contribution in [0.5, 0.6) is 0 Å². The molecule has 0 bridgehead atoms. The summed E-state index contributed by atoms with van der Waals surface area (Å²) in [6.07, 6.45) is 1.19. The smallest absolute Gasteiger partial charge is 0.211 e. The van der Waals surface area contributed by atoms with Crippen molar-refractivity contribution in [3.05, 3.63) is 29.8 Å². The molecule has 0 amide bonds. The van der Waals surface area contributed by atoms with Crippen LogP contribution in [0.3, 0.4) is 0 Å². The Morgan fingerprint density at radius 3 is 2.32 bits per heavy atom. The van der Waals surface area contributed by atoms with Crippen LogP contribution in [0.4, 0.5) is 0 Å². The molecule has 0 spiro atoms. The first kappa shape index (κ1) is 15.7. The van der Waals surface area contributed by atoms with Gasteiger partial charge in [0, 0.05) is 6.54 Å². The molecular weight excluding hydrogens is 260 g/mol.